The summed E-state index contributed by atoms with van der Waals surface area (Å²) in [6.07, 6.45) is 1.06. The molecule has 0 aliphatic rings. The van der Waals surface area contributed by atoms with Gasteiger partial charge in [0.05, 0.1) is 5.01 Å². The van der Waals surface area contributed by atoms with Gasteiger partial charge in [-0.3, -0.25) is 0 Å². The molecule has 0 bridgehead atoms. The number of nitrogens with zero attached hydrogens (tertiary/aromatic N) is 1. The molecule has 0 fully saturated rings. The van der Waals surface area contributed by atoms with Crippen molar-refractivity contribution in [3.8, 4) is 0 Å². The van der Waals surface area contributed by atoms with Crippen molar-refractivity contribution in [2.45, 2.75) is 40.2 Å². The maximum atomic E-state index is 4.49. The maximum Gasteiger partial charge on any atom is 0.0943 e. The van der Waals surface area contributed by atoms with E-state index in [1.54, 1.807) is 11.3 Å². The summed E-state index contributed by atoms with van der Waals surface area (Å²) < 4.78 is 0. The molecule has 0 saturated carbocycles. The molecule has 0 spiro atoms. The minimum absolute atomic E-state index is 0.561. The van der Waals surface area contributed by atoms with E-state index in [0.717, 1.165) is 18.7 Å². The molecule has 1 N–H and O–H groups in total. The fraction of sp³-hybridized carbons (Fsp3) is 0.727. The predicted molar refractivity (Wildman–Crippen MR) is 62.9 cm³/mol. The first kappa shape index (κ1) is 11.7. The van der Waals surface area contributed by atoms with Crippen LogP contribution in [0.3, 0.4) is 0 Å². The van der Waals surface area contributed by atoms with Gasteiger partial charge in [0.1, 0.15) is 0 Å². The van der Waals surface area contributed by atoms with Gasteiger partial charge in [0.25, 0.3) is 0 Å². The van der Waals surface area contributed by atoms with E-state index < -0.39 is 0 Å². The summed E-state index contributed by atoms with van der Waals surface area (Å²) >= 11 is 1.77. The first-order valence-electron chi connectivity index (χ1n) is 5.27. The highest BCUT2D eigenvalue weighted by molar-refractivity contribution is 7.09. The first-order valence-corrected chi connectivity index (χ1v) is 6.15. The summed E-state index contributed by atoms with van der Waals surface area (Å²) in [6, 6.07) is 0.561. The molecule has 1 aromatic heterocycles. The Morgan fingerprint density at radius 2 is 2.21 bits per heavy atom. The average Bonchev–Trinajstić information content (AvgIpc) is 2.50. The number of aromatic nitrogens is 1. The van der Waals surface area contributed by atoms with Crippen molar-refractivity contribution < 1.29 is 0 Å². The Morgan fingerprint density at radius 3 is 2.64 bits per heavy atom. The Bertz CT molecular complexity index is 268. The first-order chi connectivity index (χ1) is 6.63. The molecule has 0 aliphatic carbocycles. The van der Waals surface area contributed by atoms with Crippen LogP contribution in [0.5, 0.6) is 0 Å². The second kappa shape index (κ2) is 5.47. The second-order valence-electron chi connectivity index (χ2n) is 3.99. The van der Waals surface area contributed by atoms with E-state index >= 15 is 0 Å². The highest BCUT2D eigenvalue weighted by atomic mass is 32.1. The molecule has 1 rings (SSSR count). The number of nitrogens with one attached hydrogen (secondary N) is 1. The lowest BCUT2D eigenvalue weighted by molar-refractivity contribution is 0.405. The Balaban J connectivity index is 2.55. The van der Waals surface area contributed by atoms with Gasteiger partial charge in [0.15, 0.2) is 0 Å². The Morgan fingerprint density at radius 1 is 1.50 bits per heavy atom. The summed E-state index contributed by atoms with van der Waals surface area (Å²) in [7, 11) is 0. The van der Waals surface area contributed by atoms with Crippen molar-refractivity contribution in [2.24, 2.45) is 5.92 Å². The summed E-state index contributed by atoms with van der Waals surface area (Å²) in [5, 5.41) is 6.88. The van der Waals surface area contributed by atoms with Crippen molar-refractivity contribution in [2.75, 3.05) is 6.54 Å². The number of hydrogen-bond acceptors (Lipinski definition) is 3. The Labute approximate surface area is 90.8 Å². The smallest absolute Gasteiger partial charge is 0.0943 e. The lowest BCUT2D eigenvalue weighted by atomic mass is 10.0. The minimum atomic E-state index is 0.561. The number of thiazole rings is 1. The molecule has 14 heavy (non-hydrogen) atoms. The van der Waals surface area contributed by atoms with Crippen LogP contribution in [0.25, 0.3) is 0 Å². The summed E-state index contributed by atoms with van der Waals surface area (Å²) in [6.45, 7) is 9.76. The van der Waals surface area contributed by atoms with Gasteiger partial charge < -0.3 is 5.32 Å². The third-order valence-corrected chi connectivity index (χ3v) is 3.32. The highest BCUT2D eigenvalue weighted by Gasteiger charge is 2.14. The van der Waals surface area contributed by atoms with E-state index in [9.17, 15) is 0 Å². The third kappa shape index (κ3) is 3.39. The summed E-state index contributed by atoms with van der Waals surface area (Å²) in [5.41, 5.74) is 1.14. The molecule has 0 saturated heterocycles. The van der Waals surface area contributed by atoms with Crippen LogP contribution >= 0.6 is 11.3 Å². The summed E-state index contributed by atoms with van der Waals surface area (Å²) in [4.78, 5) is 4.49. The van der Waals surface area contributed by atoms with E-state index in [1.165, 1.54) is 5.01 Å². The van der Waals surface area contributed by atoms with Crippen LogP contribution in [0.4, 0.5) is 0 Å². The molecule has 0 aliphatic heterocycles. The normalized spacial score (nSPS) is 13.5. The van der Waals surface area contributed by atoms with Crippen LogP contribution in [0.15, 0.2) is 5.38 Å². The molecule has 1 heterocycles. The predicted octanol–water partition coefficient (Wildman–Crippen LogP) is 2.63. The van der Waals surface area contributed by atoms with Crippen LogP contribution in [0.2, 0.25) is 0 Å². The van der Waals surface area contributed by atoms with E-state index in [0.29, 0.717) is 12.0 Å². The Hall–Kier alpha value is -0.410. The maximum absolute atomic E-state index is 4.49. The fourth-order valence-electron chi connectivity index (χ4n) is 1.49. The standard InChI is InChI=1S/C11H20N2S/c1-5-12-10(8(2)3)6-11-13-9(4)7-14-11/h7-8,10,12H,5-6H2,1-4H3. The molecular formula is C11H20N2S. The van der Waals surface area contributed by atoms with Crippen LogP contribution in [0.1, 0.15) is 31.5 Å². The number of aryl methyl sites for hydroxylation is 1. The Kier molecular flexibility index (Phi) is 4.55. The molecule has 2 nitrogen and oxygen atoms in total. The van der Waals surface area contributed by atoms with E-state index in [1.807, 2.05) is 0 Å². The van der Waals surface area contributed by atoms with Crippen LogP contribution in [0, 0.1) is 12.8 Å². The fourth-order valence-corrected chi connectivity index (χ4v) is 2.32. The molecular weight excluding hydrogens is 192 g/mol. The van der Waals surface area contributed by atoms with E-state index in [-0.39, 0.29) is 0 Å². The zero-order valence-corrected chi connectivity index (χ0v) is 10.3. The lowest BCUT2D eigenvalue weighted by Crippen LogP contribution is -2.35. The zero-order valence-electron chi connectivity index (χ0n) is 9.50. The lowest BCUT2D eigenvalue weighted by Gasteiger charge is -2.20. The number of rotatable bonds is 5. The van der Waals surface area contributed by atoms with Crippen molar-refractivity contribution in [3.63, 3.8) is 0 Å². The largest absolute Gasteiger partial charge is 0.314 e. The molecule has 1 unspecified atom stereocenters. The van der Waals surface area contributed by atoms with Gasteiger partial charge in [0, 0.05) is 23.5 Å². The number of likely N-dealkylation sites (N-methyl/N-ethyl adjacent to an activating group) is 1. The van der Waals surface area contributed by atoms with Gasteiger partial charge in [-0.15, -0.1) is 11.3 Å². The SMILES string of the molecule is CCNC(Cc1nc(C)cs1)C(C)C. The van der Waals surface area contributed by atoms with Crippen LogP contribution < -0.4 is 5.32 Å². The molecule has 80 valence electrons. The highest BCUT2D eigenvalue weighted by Crippen LogP contribution is 2.14. The van der Waals surface area contributed by atoms with Crippen molar-refractivity contribution >= 4 is 11.3 Å². The second-order valence-corrected chi connectivity index (χ2v) is 4.94. The van der Waals surface area contributed by atoms with Crippen LogP contribution in [-0.4, -0.2) is 17.6 Å². The minimum Gasteiger partial charge on any atom is -0.314 e. The third-order valence-electron chi connectivity index (χ3n) is 2.33. The topological polar surface area (TPSA) is 24.9 Å². The van der Waals surface area contributed by atoms with Crippen molar-refractivity contribution in [1.29, 1.82) is 0 Å². The van der Waals surface area contributed by atoms with E-state index in [4.69, 9.17) is 0 Å². The van der Waals surface area contributed by atoms with Gasteiger partial charge >= 0.3 is 0 Å². The molecule has 0 amide bonds. The van der Waals surface area contributed by atoms with Gasteiger partial charge in [-0.25, -0.2) is 4.98 Å². The van der Waals surface area contributed by atoms with Crippen molar-refractivity contribution in [3.05, 3.63) is 16.1 Å². The van der Waals surface area contributed by atoms with E-state index in [2.05, 4.69) is 43.4 Å². The quantitative estimate of drug-likeness (QED) is 0.811. The van der Waals surface area contributed by atoms with Gasteiger partial charge in [0.2, 0.25) is 0 Å². The molecule has 3 heteroatoms. The molecule has 1 atom stereocenters. The monoisotopic (exact) mass is 212 g/mol. The summed E-state index contributed by atoms with van der Waals surface area (Å²) in [5.74, 6) is 0.666. The molecule has 1 aromatic rings. The van der Waals surface area contributed by atoms with Gasteiger partial charge in [-0.2, -0.15) is 0 Å². The van der Waals surface area contributed by atoms with Gasteiger partial charge in [-0.05, 0) is 19.4 Å². The van der Waals surface area contributed by atoms with Crippen molar-refractivity contribution in [1.82, 2.24) is 10.3 Å². The van der Waals surface area contributed by atoms with Gasteiger partial charge in [-0.1, -0.05) is 20.8 Å². The number of hydrogen-bond donors (Lipinski definition) is 1. The zero-order chi connectivity index (χ0) is 10.6. The molecule has 0 radical (unpaired) electrons. The van der Waals surface area contributed by atoms with Crippen LogP contribution in [-0.2, 0) is 6.42 Å². The molecule has 0 aromatic carbocycles. The average molecular weight is 212 g/mol.